The van der Waals surface area contributed by atoms with Crippen LogP contribution in [0.15, 0.2) is 0 Å². The molecule has 0 N–H and O–H groups in total. The summed E-state index contributed by atoms with van der Waals surface area (Å²) in [5, 5.41) is 0. The lowest BCUT2D eigenvalue weighted by Crippen LogP contribution is -2.38. The quantitative estimate of drug-likeness (QED) is 0.530. The van der Waals surface area contributed by atoms with Crippen molar-refractivity contribution in [3.05, 3.63) is 0 Å². The van der Waals surface area contributed by atoms with Gasteiger partial charge in [0.25, 0.3) is 0 Å². The van der Waals surface area contributed by atoms with E-state index in [1.807, 2.05) is 0 Å². The molecule has 0 nitrogen and oxygen atoms in total. The molecule has 0 aromatic heterocycles. The van der Waals surface area contributed by atoms with Crippen LogP contribution in [0.1, 0.15) is 46.5 Å². The summed E-state index contributed by atoms with van der Waals surface area (Å²) < 4.78 is 0. The molecule has 5 aliphatic carbocycles. The molecule has 0 amide bonds. The molecule has 6 atom stereocenters. The number of hydrogen-bond acceptors (Lipinski definition) is 0. The molecule has 72 valence electrons. The Morgan fingerprint density at radius 2 is 1.85 bits per heavy atom. The average molecular weight is 176 g/mol. The van der Waals surface area contributed by atoms with Gasteiger partial charge >= 0.3 is 0 Å². The summed E-state index contributed by atoms with van der Waals surface area (Å²) in [6.07, 6.45) is 6.26. The van der Waals surface area contributed by atoms with E-state index in [-0.39, 0.29) is 0 Å². The predicted molar refractivity (Wildman–Crippen MR) is 53.3 cm³/mol. The molecule has 0 heteroatoms. The topological polar surface area (TPSA) is 0 Å². The van der Waals surface area contributed by atoms with E-state index in [0.717, 1.165) is 34.0 Å². The van der Waals surface area contributed by atoms with E-state index >= 15 is 0 Å². The smallest absolute Gasteiger partial charge is 0.0207 e. The molecule has 13 heavy (non-hydrogen) atoms. The Labute approximate surface area is 81.1 Å². The van der Waals surface area contributed by atoms with Gasteiger partial charge in [-0.25, -0.2) is 0 Å². The van der Waals surface area contributed by atoms with Gasteiger partial charge in [-0.1, -0.05) is 20.8 Å². The van der Waals surface area contributed by atoms with Gasteiger partial charge in [0.05, 0.1) is 0 Å². The Balaban J connectivity index is 2.06. The Hall–Kier alpha value is 0. The van der Waals surface area contributed by atoms with Gasteiger partial charge < -0.3 is 0 Å². The van der Waals surface area contributed by atoms with Crippen LogP contribution in [0.5, 0.6) is 0 Å². The minimum absolute atomic E-state index is 0.734. The minimum Gasteiger partial charge on any atom is -0.0588 e. The highest BCUT2D eigenvalue weighted by Crippen LogP contribution is 2.90. The first-order valence-corrected chi connectivity index (χ1v) is 6.04. The zero-order valence-corrected chi connectivity index (χ0v) is 9.06. The van der Waals surface area contributed by atoms with Crippen LogP contribution in [0.25, 0.3) is 0 Å². The monoisotopic (exact) mass is 176 g/mol. The Morgan fingerprint density at radius 3 is 2.31 bits per heavy atom. The van der Waals surface area contributed by atoms with Crippen molar-refractivity contribution >= 4 is 0 Å². The molecular formula is C13H20. The SMILES string of the molecule is CC12CC3CC1C1CCC2(C)C31C. The van der Waals surface area contributed by atoms with Gasteiger partial charge in [-0.2, -0.15) is 0 Å². The Morgan fingerprint density at radius 1 is 1.08 bits per heavy atom. The first-order valence-electron chi connectivity index (χ1n) is 6.04. The zero-order valence-electron chi connectivity index (χ0n) is 9.06. The molecule has 6 unspecified atom stereocenters. The molecule has 0 aliphatic heterocycles. The minimum atomic E-state index is 0.734. The number of hydrogen-bond donors (Lipinski definition) is 0. The molecule has 0 spiro atoms. The van der Waals surface area contributed by atoms with Crippen LogP contribution in [-0.4, -0.2) is 0 Å². The van der Waals surface area contributed by atoms with E-state index in [0.29, 0.717) is 0 Å². The molecule has 5 fully saturated rings. The van der Waals surface area contributed by atoms with Gasteiger partial charge in [0.15, 0.2) is 0 Å². The molecule has 6 bridgehead atoms. The van der Waals surface area contributed by atoms with Crippen LogP contribution in [0, 0.1) is 34.0 Å². The fourth-order valence-corrected chi connectivity index (χ4v) is 6.71. The van der Waals surface area contributed by atoms with Gasteiger partial charge in [0.1, 0.15) is 0 Å². The summed E-state index contributed by atoms with van der Waals surface area (Å²) >= 11 is 0. The normalized spacial score (nSPS) is 77.3. The van der Waals surface area contributed by atoms with Crippen molar-refractivity contribution in [2.75, 3.05) is 0 Å². The lowest BCUT2D eigenvalue weighted by molar-refractivity contribution is 0.0306. The standard InChI is InChI=1S/C13H20/c1-11-7-8-6-10(11)9-4-5-12(11,2)13(8,9)3/h8-10H,4-7H2,1-3H3. The second kappa shape index (κ2) is 1.51. The van der Waals surface area contributed by atoms with Gasteiger partial charge in [-0.05, 0) is 59.7 Å². The molecule has 0 aromatic rings. The van der Waals surface area contributed by atoms with E-state index in [1.165, 1.54) is 6.42 Å². The van der Waals surface area contributed by atoms with Crippen LogP contribution in [0.2, 0.25) is 0 Å². The van der Waals surface area contributed by atoms with E-state index in [4.69, 9.17) is 0 Å². The lowest BCUT2D eigenvalue weighted by Gasteiger charge is -2.45. The summed E-state index contributed by atoms with van der Waals surface area (Å²) in [7, 11) is 0. The third-order valence-corrected chi connectivity index (χ3v) is 7.54. The van der Waals surface area contributed by atoms with Crippen molar-refractivity contribution in [2.45, 2.75) is 46.5 Å². The first-order chi connectivity index (χ1) is 6.04. The third kappa shape index (κ3) is 0.397. The number of rotatable bonds is 0. The lowest BCUT2D eigenvalue weighted by atomic mass is 9.59. The Bertz CT molecular complexity index is 305. The summed E-state index contributed by atoms with van der Waals surface area (Å²) in [6, 6.07) is 0. The van der Waals surface area contributed by atoms with Crippen molar-refractivity contribution in [1.82, 2.24) is 0 Å². The second-order valence-electron chi connectivity index (χ2n) is 6.92. The van der Waals surface area contributed by atoms with Crippen LogP contribution in [-0.2, 0) is 0 Å². The highest BCUT2D eigenvalue weighted by atomic mass is 14.9. The van der Waals surface area contributed by atoms with Crippen LogP contribution in [0.3, 0.4) is 0 Å². The summed E-state index contributed by atoms with van der Waals surface area (Å²) in [5.74, 6) is 3.36. The largest absolute Gasteiger partial charge is 0.0588 e. The highest BCUT2D eigenvalue weighted by Gasteiger charge is 2.83. The van der Waals surface area contributed by atoms with Gasteiger partial charge in [-0.15, -0.1) is 0 Å². The molecule has 0 radical (unpaired) electrons. The summed E-state index contributed by atoms with van der Waals surface area (Å²) in [5.41, 5.74) is 2.26. The van der Waals surface area contributed by atoms with Crippen LogP contribution in [0.4, 0.5) is 0 Å². The van der Waals surface area contributed by atoms with Crippen molar-refractivity contribution in [2.24, 2.45) is 34.0 Å². The molecule has 5 saturated carbocycles. The molecule has 5 rings (SSSR count). The van der Waals surface area contributed by atoms with Crippen LogP contribution >= 0.6 is 0 Å². The Kier molecular flexibility index (Phi) is 0.850. The summed E-state index contributed by atoms with van der Waals surface area (Å²) in [4.78, 5) is 0. The van der Waals surface area contributed by atoms with Gasteiger partial charge in [0, 0.05) is 0 Å². The zero-order chi connectivity index (χ0) is 9.06. The molecule has 0 heterocycles. The second-order valence-corrected chi connectivity index (χ2v) is 6.92. The molecule has 0 aromatic carbocycles. The summed E-state index contributed by atoms with van der Waals surface area (Å²) in [6.45, 7) is 7.86. The maximum Gasteiger partial charge on any atom is -0.0207 e. The van der Waals surface area contributed by atoms with E-state index in [1.54, 1.807) is 19.3 Å². The van der Waals surface area contributed by atoms with Crippen molar-refractivity contribution < 1.29 is 0 Å². The highest BCUT2D eigenvalue weighted by molar-refractivity contribution is 5.31. The van der Waals surface area contributed by atoms with Gasteiger partial charge in [-0.3, -0.25) is 0 Å². The predicted octanol–water partition coefficient (Wildman–Crippen LogP) is 3.47. The van der Waals surface area contributed by atoms with Crippen LogP contribution < -0.4 is 0 Å². The van der Waals surface area contributed by atoms with Crippen molar-refractivity contribution in [1.29, 1.82) is 0 Å². The van der Waals surface area contributed by atoms with Gasteiger partial charge in [0.2, 0.25) is 0 Å². The third-order valence-electron chi connectivity index (χ3n) is 7.54. The van der Waals surface area contributed by atoms with E-state index < -0.39 is 0 Å². The maximum atomic E-state index is 2.63. The fourth-order valence-electron chi connectivity index (χ4n) is 6.71. The average Bonchev–Trinajstić information content (AvgIpc) is 2.67. The maximum absolute atomic E-state index is 2.63. The molecule has 0 saturated heterocycles. The first kappa shape index (κ1) is 7.31. The fraction of sp³-hybridized carbons (Fsp3) is 1.00. The van der Waals surface area contributed by atoms with Crippen molar-refractivity contribution in [3.63, 3.8) is 0 Å². The van der Waals surface area contributed by atoms with Crippen molar-refractivity contribution in [3.8, 4) is 0 Å². The van der Waals surface area contributed by atoms with E-state index in [9.17, 15) is 0 Å². The molecular weight excluding hydrogens is 156 g/mol. The molecule has 5 aliphatic rings. The van der Waals surface area contributed by atoms with E-state index in [2.05, 4.69) is 20.8 Å².